The van der Waals surface area contributed by atoms with E-state index in [1.165, 1.54) is 0 Å². The molecule has 0 bridgehead atoms. The van der Waals surface area contributed by atoms with Gasteiger partial charge in [0.05, 0.1) is 13.2 Å². The van der Waals surface area contributed by atoms with Crippen LogP contribution in [0.4, 0.5) is 13.2 Å². The summed E-state index contributed by atoms with van der Waals surface area (Å²) in [7, 11) is 0. The highest BCUT2D eigenvalue weighted by atomic mass is 32.2. The van der Waals surface area contributed by atoms with Crippen molar-refractivity contribution in [2.45, 2.75) is 24.3 Å². The van der Waals surface area contributed by atoms with Crippen molar-refractivity contribution in [2.24, 2.45) is 0 Å². The average molecular weight is 244 g/mol. The molecule has 0 amide bonds. The minimum atomic E-state index is -4.21. The van der Waals surface area contributed by atoms with Crippen LogP contribution >= 0.6 is 11.8 Å². The predicted octanol–water partition coefficient (Wildman–Crippen LogP) is 2.48. The Morgan fingerprint density at radius 3 is 2.80 bits per heavy atom. The molecule has 0 radical (unpaired) electrons. The van der Waals surface area contributed by atoms with Crippen molar-refractivity contribution in [3.8, 4) is 0 Å². The Bertz CT molecular complexity index is 169. The zero-order valence-electron chi connectivity index (χ0n) is 8.39. The molecule has 15 heavy (non-hydrogen) atoms. The van der Waals surface area contributed by atoms with Gasteiger partial charge in [0.25, 0.3) is 0 Å². The molecule has 0 aliphatic carbocycles. The van der Waals surface area contributed by atoms with Crippen molar-refractivity contribution in [3.63, 3.8) is 0 Å². The lowest BCUT2D eigenvalue weighted by molar-refractivity contribution is -0.172. The first-order valence-corrected chi connectivity index (χ1v) is 5.96. The lowest BCUT2D eigenvalue weighted by Gasteiger charge is -2.21. The molecule has 1 saturated heterocycles. The molecule has 1 fully saturated rings. The van der Waals surface area contributed by atoms with E-state index in [2.05, 4.69) is 4.74 Å². The highest BCUT2D eigenvalue weighted by Gasteiger charge is 2.27. The topological polar surface area (TPSA) is 18.5 Å². The van der Waals surface area contributed by atoms with Crippen LogP contribution in [0.3, 0.4) is 0 Å². The quantitative estimate of drug-likeness (QED) is 0.692. The van der Waals surface area contributed by atoms with Gasteiger partial charge in [-0.25, -0.2) is 0 Å². The summed E-state index contributed by atoms with van der Waals surface area (Å²) in [6, 6.07) is 0. The van der Waals surface area contributed by atoms with Gasteiger partial charge in [0.1, 0.15) is 6.61 Å². The second kappa shape index (κ2) is 6.60. The Morgan fingerprint density at radius 1 is 1.40 bits per heavy atom. The zero-order valence-corrected chi connectivity index (χ0v) is 9.20. The van der Waals surface area contributed by atoms with E-state index < -0.39 is 12.8 Å². The maximum absolute atomic E-state index is 11.7. The Balaban J connectivity index is 1.92. The summed E-state index contributed by atoms with van der Waals surface area (Å²) < 4.78 is 44.8. The van der Waals surface area contributed by atoms with Crippen LogP contribution in [0.1, 0.15) is 12.8 Å². The first kappa shape index (κ1) is 13.1. The first-order chi connectivity index (χ1) is 7.08. The third-order valence-electron chi connectivity index (χ3n) is 1.97. The maximum Gasteiger partial charge on any atom is 0.411 e. The van der Waals surface area contributed by atoms with Crippen molar-refractivity contribution in [2.75, 3.05) is 32.2 Å². The van der Waals surface area contributed by atoms with Crippen molar-refractivity contribution < 1.29 is 22.6 Å². The van der Waals surface area contributed by atoms with E-state index in [0.29, 0.717) is 17.6 Å². The third kappa shape index (κ3) is 7.03. The summed E-state index contributed by atoms with van der Waals surface area (Å²) in [5.74, 6) is 0.601. The lowest BCUT2D eigenvalue weighted by atomic mass is 10.2. The predicted molar refractivity (Wildman–Crippen MR) is 53.2 cm³/mol. The lowest BCUT2D eigenvalue weighted by Crippen LogP contribution is -2.21. The van der Waals surface area contributed by atoms with E-state index in [1.807, 2.05) is 0 Å². The van der Waals surface area contributed by atoms with Crippen LogP contribution in [0, 0.1) is 0 Å². The fourth-order valence-corrected chi connectivity index (χ4v) is 2.38. The van der Waals surface area contributed by atoms with E-state index in [9.17, 15) is 13.2 Å². The summed E-state index contributed by atoms with van der Waals surface area (Å²) in [6.45, 7) is 0.529. The largest absolute Gasteiger partial charge is 0.411 e. The average Bonchev–Trinajstić information content (AvgIpc) is 2.17. The monoisotopic (exact) mass is 244 g/mol. The molecule has 0 saturated carbocycles. The maximum atomic E-state index is 11.7. The Morgan fingerprint density at radius 2 is 2.20 bits per heavy atom. The number of halogens is 3. The van der Waals surface area contributed by atoms with Gasteiger partial charge in [-0.05, 0) is 12.8 Å². The van der Waals surface area contributed by atoms with Crippen LogP contribution in [0.25, 0.3) is 0 Å². The van der Waals surface area contributed by atoms with Crippen molar-refractivity contribution in [1.29, 1.82) is 0 Å². The molecule has 1 aliphatic rings. The number of rotatable bonds is 5. The molecule has 0 aromatic rings. The molecule has 0 spiro atoms. The van der Waals surface area contributed by atoms with Crippen molar-refractivity contribution >= 4 is 11.8 Å². The highest BCUT2D eigenvalue weighted by Crippen LogP contribution is 2.21. The van der Waals surface area contributed by atoms with E-state index >= 15 is 0 Å². The van der Waals surface area contributed by atoms with Crippen LogP contribution < -0.4 is 0 Å². The standard InChI is InChI=1S/C9H15F3O2S/c10-9(11,12)7-14-4-5-15-8-2-1-3-13-6-8/h8H,1-7H2. The summed E-state index contributed by atoms with van der Waals surface area (Å²) >= 11 is 1.63. The molecule has 0 aromatic carbocycles. The van der Waals surface area contributed by atoms with Gasteiger partial charge < -0.3 is 9.47 Å². The van der Waals surface area contributed by atoms with Crippen LogP contribution in [-0.2, 0) is 9.47 Å². The molecule has 90 valence electrons. The van der Waals surface area contributed by atoms with Gasteiger partial charge in [-0.3, -0.25) is 0 Å². The summed E-state index contributed by atoms with van der Waals surface area (Å²) in [6.07, 6.45) is -2.08. The summed E-state index contributed by atoms with van der Waals surface area (Å²) in [5, 5.41) is 0.424. The second-order valence-electron chi connectivity index (χ2n) is 3.38. The number of thioether (sulfide) groups is 1. The molecular formula is C9H15F3O2S. The fraction of sp³-hybridized carbons (Fsp3) is 1.00. The van der Waals surface area contributed by atoms with Gasteiger partial charge in [0, 0.05) is 17.6 Å². The normalized spacial score (nSPS) is 23.0. The molecule has 1 heterocycles. The molecular weight excluding hydrogens is 229 g/mol. The minimum Gasteiger partial charge on any atom is -0.380 e. The number of ether oxygens (including phenoxy) is 2. The van der Waals surface area contributed by atoms with Gasteiger partial charge in [0.15, 0.2) is 0 Å². The Hall–Kier alpha value is 0.0600. The fourth-order valence-electron chi connectivity index (χ4n) is 1.30. The molecule has 1 unspecified atom stereocenters. The van der Waals surface area contributed by atoms with E-state index in [0.717, 1.165) is 19.4 Å². The first-order valence-electron chi connectivity index (χ1n) is 4.92. The molecule has 0 N–H and O–H groups in total. The molecule has 1 rings (SSSR count). The van der Waals surface area contributed by atoms with Gasteiger partial charge in [-0.2, -0.15) is 24.9 Å². The van der Waals surface area contributed by atoms with Crippen LogP contribution in [0.5, 0.6) is 0 Å². The van der Waals surface area contributed by atoms with Crippen molar-refractivity contribution in [3.05, 3.63) is 0 Å². The van der Waals surface area contributed by atoms with E-state index in [-0.39, 0.29) is 6.61 Å². The molecule has 0 aromatic heterocycles. The number of alkyl halides is 3. The van der Waals surface area contributed by atoms with Gasteiger partial charge >= 0.3 is 6.18 Å². The number of hydrogen-bond donors (Lipinski definition) is 0. The van der Waals surface area contributed by atoms with Gasteiger partial charge in [-0.1, -0.05) is 0 Å². The van der Waals surface area contributed by atoms with Crippen LogP contribution in [0.2, 0.25) is 0 Å². The minimum absolute atomic E-state index is 0.153. The van der Waals surface area contributed by atoms with Crippen molar-refractivity contribution in [1.82, 2.24) is 0 Å². The molecule has 2 nitrogen and oxygen atoms in total. The van der Waals surface area contributed by atoms with Gasteiger partial charge in [0.2, 0.25) is 0 Å². The van der Waals surface area contributed by atoms with Crippen LogP contribution in [0.15, 0.2) is 0 Å². The third-order valence-corrected chi connectivity index (χ3v) is 3.21. The molecule has 6 heteroatoms. The number of hydrogen-bond acceptors (Lipinski definition) is 3. The summed E-state index contributed by atoms with van der Waals surface area (Å²) in [4.78, 5) is 0. The Kier molecular flexibility index (Phi) is 5.78. The SMILES string of the molecule is FC(F)(F)COCCSC1CCCOC1. The zero-order chi connectivity index (χ0) is 11.1. The summed E-state index contributed by atoms with van der Waals surface area (Å²) in [5.41, 5.74) is 0. The highest BCUT2D eigenvalue weighted by molar-refractivity contribution is 7.99. The van der Waals surface area contributed by atoms with Gasteiger partial charge in [-0.15, -0.1) is 0 Å². The van der Waals surface area contributed by atoms with E-state index in [1.54, 1.807) is 11.8 Å². The smallest absolute Gasteiger partial charge is 0.380 e. The van der Waals surface area contributed by atoms with Crippen LogP contribution in [-0.4, -0.2) is 43.6 Å². The van der Waals surface area contributed by atoms with E-state index in [4.69, 9.17) is 4.74 Å². The Labute approximate surface area is 91.5 Å². The second-order valence-corrected chi connectivity index (χ2v) is 4.79. The molecule has 1 atom stereocenters. The molecule has 1 aliphatic heterocycles.